The fraction of sp³-hybridized carbons (Fsp3) is 0.100. The number of hydrogen-bond acceptors (Lipinski definition) is 3. The molecule has 0 aliphatic rings. The molecule has 0 saturated carbocycles. The molecular formula is C20H16ClF3N4O. The van der Waals surface area contributed by atoms with Gasteiger partial charge in [-0.1, -0.05) is 29.8 Å². The lowest BCUT2D eigenvalue weighted by Crippen LogP contribution is -2.35. The third kappa shape index (κ3) is 4.60. The summed E-state index contributed by atoms with van der Waals surface area (Å²) in [5.41, 5.74) is 12.4. The Kier molecular flexibility index (Phi) is 5.65. The number of hydrogen-bond donors (Lipinski definition) is 2. The first-order valence-corrected chi connectivity index (χ1v) is 8.78. The number of anilines is 2. The summed E-state index contributed by atoms with van der Waals surface area (Å²) in [7, 11) is 0. The number of alkyl halides is 3. The number of nitrogens with zero attached hydrogens (tertiary/aromatic N) is 2. The third-order valence-corrected chi connectivity index (χ3v) is 4.58. The van der Waals surface area contributed by atoms with Gasteiger partial charge in [-0.2, -0.15) is 13.2 Å². The monoisotopic (exact) mass is 420 g/mol. The first kappa shape index (κ1) is 20.5. The number of pyridine rings is 1. The molecule has 4 N–H and O–H groups in total. The van der Waals surface area contributed by atoms with E-state index < -0.39 is 22.8 Å². The molecule has 1 aromatic heterocycles. The van der Waals surface area contributed by atoms with Gasteiger partial charge in [-0.05, 0) is 47.5 Å². The third-order valence-electron chi connectivity index (χ3n) is 4.25. The second kappa shape index (κ2) is 8.00. The maximum absolute atomic E-state index is 13.2. The lowest BCUT2D eigenvalue weighted by atomic mass is 10.0. The van der Waals surface area contributed by atoms with Crippen molar-refractivity contribution < 1.29 is 18.0 Å². The van der Waals surface area contributed by atoms with Gasteiger partial charge in [0, 0.05) is 17.4 Å². The van der Waals surface area contributed by atoms with Gasteiger partial charge in [0.05, 0.1) is 17.1 Å². The fourth-order valence-electron chi connectivity index (χ4n) is 2.88. The van der Waals surface area contributed by atoms with Crippen molar-refractivity contribution in [3.8, 4) is 11.1 Å². The minimum atomic E-state index is -4.66. The van der Waals surface area contributed by atoms with Gasteiger partial charge >= 0.3 is 12.2 Å². The normalized spacial score (nSPS) is 11.3. The first-order valence-electron chi connectivity index (χ1n) is 8.40. The number of rotatable bonds is 4. The van der Waals surface area contributed by atoms with Crippen molar-refractivity contribution in [3.05, 3.63) is 76.9 Å². The summed E-state index contributed by atoms with van der Waals surface area (Å²) in [6.45, 7) is -0.0394. The number of primary amides is 1. The largest absolute Gasteiger partial charge is 0.417 e. The van der Waals surface area contributed by atoms with Crippen LogP contribution in [0.15, 0.2) is 60.8 Å². The molecule has 0 radical (unpaired) electrons. The van der Waals surface area contributed by atoms with Gasteiger partial charge in [0.25, 0.3) is 0 Å². The topological polar surface area (TPSA) is 85.2 Å². The first-order chi connectivity index (χ1) is 13.7. The number of halogens is 4. The summed E-state index contributed by atoms with van der Waals surface area (Å²) in [6, 6.07) is 12.9. The lowest BCUT2D eigenvalue weighted by Gasteiger charge is -2.22. The van der Waals surface area contributed by atoms with Gasteiger partial charge < -0.3 is 11.5 Å². The van der Waals surface area contributed by atoms with Crippen LogP contribution in [0.5, 0.6) is 0 Å². The van der Waals surface area contributed by atoms with E-state index in [1.165, 1.54) is 6.07 Å². The van der Waals surface area contributed by atoms with Crippen molar-refractivity contribution in [2.75, 3.05) is 10.6 Å². The Bertz CT molecular complexity index is 1060. The second-order valence-corrected chi connectivity index (χ2v) is 6.63. The Hall–Kier alpha value is -3.26. The number of nitrogen functional groups attached to an aromatic ring is 1. The predicted octanol–water partition coefficient (Wildman–Crippen LogP) is 5.09. The summed E-state index contributed by atoms with van der Waals surface area (Å²) in [4.78, 5) is 17.0. The number of carbonyl (C=O) groups excluding carboxylic acids is 1. The smallest absolute Gasteiger partial charge is 0.383 e. The standard InChI is InChI=1S/C20H16ClF3N4O/c21-17-7-6-14(10-16(17)20(22,23)24)28(19(26)29)11-12-3-1-4-13(9-12)15-5-2-8-27-18(15)25/h1-10H,11H2,(H2,25,27)(H2,26,29). The molecule has 0 aliphatic carbocycles. The number of benzene rings is 2. The summed E-state index contributed by atoms with van der Waals surface area (Å²) >= 11 is 5.66. The number of aromatic nitrogens is 1. The van der Waals surface area contributed by atoms with Crippen LogP contribution in [0.1, 0.15) is 11.1 Å². The van der Waals surface area contributed by atoms with Gasteiger partial charge in [-0.25, -0.2) is 9.78 Å². The van der Waals surface area contributed by atoms with Crippen LogP contribution in [-0.2, 0) is 12.7 Å². The molecular weight excluding hydrogens is 405 g/mol. The van der Waals surface area contributed by atoms with Crippen LogP contribution in [-0.4, -0.2) is 11.0 Å². The minimum absolute atomic E-state index is 0.0134. The van der Waals surface area contributed by atoms with Crippen LogP contribution in [0, 0.1) is 0 Å². The highest BCUT2D eigenvalue weighted by Crippen LogP contribution is 2.37. The molecule has 9 heteroatoms. The highest BCUT2D eigenvalue weighted by atomic mass is 35.5. The Morgan fingerprint density at radius 3 is 2.52 bits per heavy atom. The minimum Gasteiger partial charge on any atom is -0.383 e. The van der Waals surface area contributed by atoms with Crippen LogP contribution in [0.25, 0.3) is 11.1 Å². The second-order valence-electron chi connectivity index (χ2n) is 6.22. The number of urea groups is 1. The van der Waals surface area contributed by atoms with Gasteiger partial charge in [0.15, 0.2) is 0 Å². The number of carbonyl (C=O) groups is 1. The maximum atomic E-state index is 13.2. The molecule has 2 aromatic carbocycles. The average Bonchev–Trinajstić information content (AvgIpc) is 2.66. The zero-order chi connectivity index (χ0) is 21.2. The average molecular weight is 421 g/mol. The summed E-state index contributed by atoms with van der Waals surface area (Å²) in [5, 5.41) is -0.459. The Morgan fingerprint density at radius 2 is 1.86 bits per heavy atom. The lowest BCUT2D eigenvalue weighted by molar-refractivity contribution is -0.137. The molecule has 0 saturated heterocycles. The molecule has 3 aromatic rings. The molecule has 5 nitrogen and oxygen atoms in total. The van der Waals surface area contributed by atoms with Crippen molar-refractivity contribution in [2.24, 2.45) is 5.73 Å². The predicted molar refractivity (Wildman–Crippen MR) is 106 cm³/mol. The van der Waals surface area contributed by atoms with E-state index in [4.69, 9.17) is 23.1 Å². The van der Waals surface area contributed by atoms with Crippen molar-refractivity contribution >= 4 is 29.1 Å². The molecule has 0 atom stereocenters. The van der Waals surface area contributed by atoms with Crippen molar-refractivity contribution in [2.45, 2.75) is 12.7 Å². The number of amides is 2. The van der Waals surface area contributed by atoms with Crippen LogP contribution < -0.4 is 16.4 Å². The van der Waals surface area contributed by atoms with Gasteiger partial charge in [-0.3, -0.25) is 4.90 Å². The van der Waals surface area contributed by atoms with Crippen LogP contribution >= 0.6 is 11.6 Å². The van der Waals surface area contributed by atoms with E-state index >= 15 is 0 Å². The zero-order valence-corrected chi connectivity index (χ0v) is 15.7. The Balaban J connectivity index is 1.96. The van der Waals surface area contributed by atoms with Crippen LogP contribution in [0.4, 0.5) is 29.5 Å². The molecule has 2 amide bonds. The molecule has 0 fully saturated rings. The quantitative estimate of drug-likeness (QED) is 0.616. The fourth-order valence-corrected chi connectivity index (χ4v) is 3.10. The maximum Gasteiger partial charge on any atom is 0.417 e. The van der Waals surface area contributed by atoms with Crippen LogP contribution in [0.3, 0.4) is 0 Å². The van der Waals surface area contributed by atoms with Gasteiger partial charge in [-0.15, -0.1) is 0 Å². The molecule has 0 aliphatic heterocycles. The van der Waals surface area contributed by atoms with E-state index in [0.29, 0.717) is 16.9 Å². The van der Waals surface area contributed by atoms with E-state index in [-0.39, 0.29) is 12.2 Å². The van der Waals surface area contributed by atoms with Crippen molar-refractivity contribution in [3.63, 3.8) is 0 Å². The molecule has 1 heterocycles. The van der Waals surface area contributed by atoms with Crippen molar-refractivity contribution in [1.82, 2.24) is 4.98 Å². The van der Waals surface area contributed by atoms with E-state index in [1.807, 2.05) is 6.07 Å². The van der Waals surface area contributed by atoms with Crippen molar-refractivity contribution in [1.29, 1.82) is 0 Å². The highest BCUT2D eigenvalue weighted by molar-refractivity contribution is 6.31. The van der Waals surface area contributed by atoms with Gasteiger partial charge in [0.2, 0.25) is 0 Å². The SMILES string of the molecule is NC(=O)N(Cc1cccc(-c2cccnc2N)c1)c1ccc(Cl)c(C(F)(F)F)c1. The molecule has 3 rings (SSSR count). The Morgan fingerprint density at radius 1 is 1.10 bits per heavy atom. The number of nitrogens with two attached hydrogens (primary N) is 2. The van der Waals surface area contributed by atoms with E-state index in [1.54, 1.807) is 36.5 Å². The van der Waals surface area contributed by atoms with E-state index in [9.17, 15) is 18.0 Å². The molecule has 0 spiro atoms. The summed E-state index contributed by atoms with van der Waals surface area (Å²) in [6.07, 6.45) is -3.09. The Labute approximate surface area is 169 Å². The molecule has 150 valence electrons. The molecule has 0 unspecified atom stereocenters. The summed E-state index contributed by atoms with van der Waals surface area (Å²) < 4.78 is 39.5. The highest BCUT2D eigenvalue weighted by Gasteiger charge is 2.34. The molecule has 0 bridgehead atoms. The van der Waals surface area contributed by atoms with Gasteiger partial charge in [0.1, 0.15) is 5.82 Å². The molecule has 29 heavy (non-hydrogen) atoms. The van der Waals surface area contributed by atoms with Crippen LogP contribution in [0.2, 0.25) is 5.02 Å². The summed E-state index contributed by atoms with van der Waals surface area (Å²) in [5.74, 6) is 0.337. The van der Waals surface area contributed by atoms with E-state index in [0.717, 1.165) is 22.6 Å². The van der Waals surface area contributed by atoms with E-state index in [2.05, 4.69) is 4.98 Å². The zero-order valence-electron chi connectivity index (χ0n) is 14.9.